The van der Waals surface area contributed by atoms with E-state index in [1.54, 1.807) is 4.90 Å². The van der Waals surface area contributed by atoms with Crippen molar-refractivity contribution in [3.8, 4) is 0 Å². The Bertz CT molecular complexity index is 1030. The highest BCUT2D eigenvalue weighted by Crippen LogP contribution is 2.23. The molecule has 2 saturated heterocycles. The van der Waals surface area contributed by atoms with Crippen molar-refractivity contribution in [1.29, 1.82) is 0 Å². The zero-order valence-electron chi connectivity index (χ0n) is 18.8. The van der Waals surface area contributed by atoms with E-state index in [4.69, 9.17) is 4.74 Å². The Kier molecular flexibility index (Phi) is 7.89. The number of carbonyl (C=O) groups is 1. The fourth-order valence-corrected chi connectivity index (χ4v) is 6.39. The molecule has 0 bridgehead atoms. The van der Waals surface area contributed by atoms with Crippen LogP contribution in [-0.2, 0) is 31.9 Å². The first-order valence-corrected chi connectivity index (χ1v) is 13.8. The molecule has 10 nitrogen and oxygen atoms in total. The number of hydrogen-bond acceptors (Lipinski definition) is 8. The van der Waals surface area contributed by atoms with Crippen molar-refractivity contribution in [2.75, 3.05) is 63.1 Å². The van der Waals surface area contributed by atoms with E-state index < -0.39 is 10.0 Å². The second-order valence-electron chi connectivity index (χ2n) is 7.94. The highest BCUT2D eigenvalue weighted by molar-refractivity contribution is 7.99. The molecule has 4 rings (SSSR count). The van der Waals surface area contributed by atoms with Crippen LogP contribution in [0.15, 0.2) is 35.5 Å². The van der Waals surface area contributed by atoms with Crippen molar-refractivity contribution in [1.82, 2.24) is 24.0 Å². The van der Waals surface area contributed by atoms with Crippen LogP contribution in [0.25, 0.3) is 0 Å². The normalized spacial score (nSPS) is 18.0. The molecule has 1 amide bonds. The summed E-state index contributed by atoms with van der Waals surface area (Å²) in [6, 6.07) is 9.16. The van der Waals surface area contributed by atoms with E-state index in [0.29, 0.717) is 45.9 Å². The topological polar surface area (TPSA) is 101 Å². The van der Waals surface area contributed by atoms with Crippen LogP contribution >= 0.6 is 11.8 Å². The Hall–Kier alpha value is -2.15. The van der Waals surface area contributed by atoms with Crippen molar-refractivity contribution in [3.63, 3.8) is 0 Å². The molecule has 3 heterocycles. The standard InChI is InChI=1S/C21H30N6O4S2/c1-2-27-20(25-12-14-31-15-13-25)22-23-21(27)32-16-19(28)24-8-10-26(11-9-24)33(29,30)17-18-6-4-3-5-7-18/h3-7H,2,8-17H2,1H3. The summed E-state index contributed by atoms with van der Waals surface area (Å²) in [6.45, 7) is 7.08. The summed E-state index contributed by atoms with van der Waals surface area (Å²) in [5.74, 6) is 1.03. The van der Waals surface area contributed by atoms with Crippen molar-refractivity contribution in [3.05, 3.63) is 35.9 Å². The molecule has 2 aromatic rings. The average molecular weight is 495 g/mol. The Labute approximate surface area is 198 Å². The van der Waals surface area contributed by atoms with Crippen molar-refractivity contribution in [2.24, 2.45) is 0 Å². The lowest BCUT2D eigenvalue weighted by atomic mass is 10.2. The van der Waals surface area contributed by atoms with Crippen molar-refractivity contribution in [2.45, 2.75) is 24.4 Å². The summed E-state index contributed by atoms with van der Waals surface area (Å²) in [6.07, 6.45) is 0. The third-order valence-electron chi connectivity index (χ3n) is 5.81. The summed E-state index contributed by atoms with van der Waals surface area (Å²) in [5, 5.41) is 9.35. The molecule has 1 aromatic carbocycles. The average Bonchev–Trinajstić information content (AvgIpc) is 3.26. The van der Waals surface area contributed by atoms with E-state index >= 15 is 0 Å². The smallest absolute Gasteiger partial charge is 0.233 e. The molecule has 2 aliphatic rings. The minimum atomic E-state index is -3.40. The number of hydrogen-bond donors (Lipinski definition) is 0. The number of piperazine rings is 1. The highest BCUT2D eigenvalue weighted by Gasteiger charge is 2.29. The molecular formula is C21H30N6O4S2. The summed E-state index contributed by atoms with van der Waals surface area (Å²) < 4.78 is 34.4. The number of nitrogens with zero attached hydrogens (tertiary/aromatic N) is 6. The number of ether oxygens (including phenoxy) is 1. The largest absolute Gasteiger partial charge is 0.378 e. The number of sulfonamides is 1. The van der Waals surface area contributed by atoms with Crippen LogP contribution in [-0.4, -0.2) is 96.5 Å². The predicted octanol–water partition coefficient (Wildman–Crippen LogP) is 0.901. The maximum absolute atomic E-state index is 12.8. The van der Waals surface area contributed by atoms with E-state index in [9.17, 15) is 13.2 Å². The summed E-state index contributed by atoms with van der Waals surface area (Å²) in [5.41, 5.74) is 0.767. The third-order valence-corrected chi connectivity index (χ3v) is 8.61. The molecular weight excluding hydrogens is 464 g/mol. The van der Waals surface area contributed by atoms with Crippen molar-refractivity contribution >= 4 is 33.6 Å². The van der Waals surface area contributed by atoms with E-state index in [2.05, 4.69) is 15.1 Å². The van der Waals surface area contributed by atoms with Gasteiger partial charge in [-0.3, -0.25) is 9.36 Å². The number of morpholine rings is 1. The molecule has 2 aliphatic heterocycles. The maximum atomic E-state index is 12.8. The number of thioether (sulfide) groups is 1. The number of anilines is 1. The molecule has 0 saturated carbocycles. The Balaban J connectivity index is 1.29. The van der Waals surface area contributed by atoms with Crippen LogP contribution in [0.3, 0.4) is 0 Å². The number of benzene rings is 1. The van der Waals surface area contributed by atoms with E-state index in [0.717, 1.165) is 29.8 Å². The van der Waals surface area contributed by atoms with Gasteiger partial charge in [0.15, 0.2) is 5.16 Å². The van der Waals surface area contributed by atoms with E-state index in [-0.39, 0.29) is 17.4 Å². The molecule has 180 valence electrons. The van der Waals surface area contributed by atoms with Crippen LogP contribution in [0, 0.1) is 0 Å². The molecule has 12 heteroatoms. The zero-order chi connectivity index (χ0) is 23.3. The van der Waals surface area contributed by atoms with Crippen LogP contribution in [0.1, 0.15) is 12.5 Å². The second kappa shape index (κ2) is 10.9. The Morgan fingerprint density at radius 1 is 1.03 bits per heavy atom. The monoisotopic (exact) mass is 494 g/mol. The third kappa shape index (κ3) is 5.86. The van der Waals surface area contributed by atoms with Gasteiger partial charge in [-0.1, -0.05) is 42.1 Å². The van der Waals surface area contributed by atoms with Gasteiger partial charge in [-0.25, -0.2) is 8.42 Å². The molecule has 0 spiro atoms. The molecule has 0 atom stereocenters. The number of rotatable bonds is 8. The summed E-state index contributed by atoms with van der Waals surface area (Å²) in [4.78, 5) is 16.7. The van der Waals surface area contributed by atoms with Crippen molar-refractivity contribution < 1.29 is 17.9 Å². The van der Waals surface area contributed by atoms with Gasteiger partial charge < -0.3 is 14.5 Å². The molecule has 0 unspecified atom stereocenters. The molecule has 0 radical (unpaired) electrons. The maximum Gasteiger partial charge on any atom is 0.233 e. The SMILES string of the molecule is CCn1c(SCC(=O)N2CCN(S(=O)(=O)Cc3ccccc3)CC2)nnc1N1CCOCC1. The van der Waals surface area contributed by atoms with Crippen LogP contribution < -0.4 is 4.90 Å². The van der Waals surface area contributed by atoms with Gasteiger partial charge in [-0.15, -0.1) is 10.2 Å². The molecule has 2 fully saturated rings. The fraction of sp³-hybridized carbons (Fsp3) is 0.571. The van der Waals surface area contributed by atoms with Gasteiger partial charge in [0.05, 0.1) is 24.7 Å². The number of carbonyl (C=O) groups excluding carboxylic acids is 1. The first-order chi connectivity index (χ1) is 16.0. The van der Waals surface area contributed by atoms with Gasteiger partial charge in [0, 0.05) is 45.8 Å². The Morgan fingerprint density at radius 3 is 2.39 bits per heavy atom. The summed E-state index contributed by atoms with van der Waals surface area (Å²) >= 11 is 1.37. The van der Waals surface area contributed by atoms with Gasteiger partial charge >= 0.3 is 0 Å². The van der Waals surface area contributed by atoms with Gasteiger partial charge in [-0.2, -0.15) is 4.31 Å². The van der Waals surface area contributed by atoms with Crippen LogP contribution in [0.5, 0.6) is 0 Å². The van der Waals surface area contributed by atoms with E-state index in [1.807, 2.05) is 41.8 Å². The first-order valence-electron chi connectivity index (χ1n) is 11.2. The minimum Gasteiger partial charge on any atom is -0.378 e. The van der Waals surface area contributed by atoms with Gasteiger partial charge in [-0.05, 0) is 12.5 Å². The molecule has 0 aliphatic carbocycles. The number of aromatic nitrogens is 3. The van der Waals surface area contributed by atoms with Crippen LogP contribution in [0.2, 0.25) is 0 Å². The second-order valence-corrected chi connectivity index (χ2v) is 10.8. The van der Waals surface area contributed by atoms with Gasteiger partial charge in [0.25, 0.3) is 0 Å². The lowest BCUT2D eigenvalue weighted by Gasteiger charge is -2.34. The minimum absolute atomic E-state index is 0.0151. The lowest BCUT2D eigenvalue weighted by molar-refractivity contribution is -0.129. The fourth-order valence-electron chi connectivity index (χ4n) is 3.97. The van der Waals surface area contributed by atoms with E-state index in [1.165, 1.54) is 16.1 Å². The highest BCUT2D eigenvalue weighted by atomic mass is 32.2. The summed E-state index contributed by atoms with van der Waals surface area (Å²) in [7, 11) is -3.40. The predicted molar refractivity (Wildman–Crippen MR) is 127 cm³/mol. The van der Waals surface area contributed by atoms with Crippen LogP contribution in [0.4, 0.5) is 5.95 Å². The Morgan fingerprint density at radius 2 is 1.73 bits per heavy atom. The molecule has 33 heavy (non-hydrogen) atoms. The molecule has 0 N–H and O–H groups in total. The number of amides is 1. The lowest BCUT2D eigenvalue weighted by Crippen LogP contribution is -2.51. The van der Waals surface area contributed by atoms with Gasteiger partial charge in [0.2, 0.25) is 21.9 Å². The zero-order valence-corrected chi connectivity index (χ0v) is 20.4. The first kappa shape index (κ1) is 24.0. The van der Waals surface area contributed by atoms with Gasteiger partial charge in [0.1, 0.15) is 0 Å². The quantitative estimate of drug-likeness (QED) is 0.499. The molecule has 1 aromatic heterocycles.